The zero-order valence-electron chi connectivity index (χ0n) is 15.6. The molecular formula is C20H19ClN4OS2. The van der Waals surface area contributed by atoms with Crippen molar-refractivity contribution in [3.05, 3.63) is 50.1 Å². The van der Waals surface area contributed by atoms with Crippen molar-refractivity contribution in [1.82, 2.24) is 19.2 Å². The molecule has 0 radical (unpaired) electrons. The van der Waals surface area contributed by atoms with Gasteiger partial charge in [0.15, 0.2) is 5.16 Å². The molecule has 1 atom stereocenters. The highest BCUT2D eigenvalue weighted by molar-refractivity contribution is 7.99. The third kappa shape index (κ3) is 2.71. The Bertz CT molecular complexity index is 1260. The van der Waals surface area contributed by atoms with E-state index in [2.05, 4.69) is 28.4 Å². The average molecular weight is 431 g/mol. The van der Waals surface area contributed by atoms with E-state index in [-0.39, 0.29) is 5.56 Å². The van der Waals surface area contributed by atoms with Crippen molar-refractivity contribution >= 4 is 50.7 Å². The van der Waals surface area contributed by atoms with Gasteiger partial charge in [0.25, 0.3) is 5.56 Å². The number of hydrogen-bond acceptors (Lipinski definition) is 5. The first-order valence-electron chi connectivity index (χ1n) is 9.41. The zero-order valence-corrected chi connectivity index (χ0v) is 18.0. The summed E-state index contributed by atoms with van der Waals surface area (Å²) in [7, 11) is 0. The van der Waals surface area contributed by atoms with Gasteiger partial charge >= 0.3 is 0 Å². The molecule has 0 fully saturated rings. The van der Waals surface area contributed by atoms with E-state index in [0.29, 0.717) is 16.7 Å². The van der Waals surface area contributed by atoms with Crippen LogP contribution in [0.15, 0.2) is 34.2 Å². The Morgan fingerprint density at radius 3 is 2.82 bits per heavy atom. The van der Waals surface area contributed by atoms with E-state index in [1.165, 1.54) is 16.9 Å². The maximum absolute atomic E-state index is 13.7. The van der Waals surface area contributed by atoms with E-state index >= 15 is 0 Å². The van der Waals surface area contributed by atoms with Crippen molar-refractivity contribution in [2.45, 2.75) is 38.3 Å². The van der Waals surface area contributed by atoms with Gasteiger partial charge in [-0.25, -0.2) is 8.97 Å². The monoisotopic (exact) mass is 430 g/mol. The number of aromatic nitrogens is 4. The topological polar surface area (TPSA) is 52.2 Å². The second kappa shape index (κ2) is 6.90. The van der Waals surface area contributed by atoms with Crippen molar-refractivity contribution in [2.24, 2.45) is 5.92 Å². The fourth-order valence-electron chi connectivity index (χ4n) is 3.95. The molecule has 0 spiro atoms. The van der Waals surface area contributed by atoms with E-state index in [9.17, 15) is 4.79 Å². The Kier molecular flexibility index (Phi) is 4.49. The summed E-state index contributed by atoms with van der Waals surface area (Å²) in [6, 6.07) is 7.32. The molecule has 144 valence electrons. The van der Waals surface area contributed by atoms with Gasteiger partial charge in [-0.2, -0.15) is 0 Å². The van der Waals surface area contributed by atoms with Gasteiger partial charge in [-0.05, 0) is 60.8 Å². The molecule has 5 nitrogen and oxygen atoms in total. The van der Waals surface area contributed by atoms with Gasteiger partial charge in [-0.15, -0.1) is 21.5 Å². The summed E-state index contributed by atoms with van der Waals surface area (Å²) in [6.07, 6.45) is 3.16. The molecule has 28 heavy (non-hydrogen) atoms. The minimum absolute atomic E-state index is 0.0168. The van der Waals surface area contributed by atoms with Gasteiger partial charge in [0.1, 0.15) is 4.83 Å². The summed E-state index contributed by atoms with van der Waals surface area (Å²) in [5, 5.41) is 11.1. The third-order valence-electron chi connectivity index (χ3n) is 5.28. The first-order chi connectivity index (χ1) is 13.6. The van der Waals surface area contributed by atoms with E-state index in [0.717, 1.165) is 39.7 Å². The van der Waals surface area contributed by atoms with E-state index in [1.54, 1.807) is 39.8 Å². The molecule has 5 rings (SSSR count). The van der Waals surface area contributed by atoms with Crippen LogP contribution in [0.5, 0.6) is 0 Å². The summed E-state index contributed by atoms with van der Waals surface area (Å²) >= 11 is 9.44. The minimum Gasteiger partial charge on any atom is -0.268 e. The molecule has 1 aromatic carbocycles. The second-order valence-electron chi connectivity index (χ2n) is 7.20. The first-order valence-corrected chi connectivity index (χ1v) is 11.6. The maximum atomic E-state index is 13.7. The van der Waals surface area contributed by atoms with Crippen LogP contribution in [-0.2, 0) is 12.8 Å². The van der Waals surface area contributed by atoms with Crippen LogP contribution in [0.4, 0.5) is 0 Å². The van der Waals surface area contributed by atoms with Crippen LogP contribution in [0.25, 0.3) is 21.7 Å². The Hall–Kier alpha value is -1.83. The second-order valence-corrected chi connectivity index (χ2v) is 9.95. The average Bonchev–Trinajstić information content (AvgIpc) is 3.25. The number of thioether (sulfide) groups is 1. The van der Waals surface area contributed by atoms with Crippen molar-refractivity contribution in [2.75, 3.05) is 5.75 Å². The molecule has 3 aromatic heterocycles. The number of aryl methyl sites for hydroxylation is 1. The van der Waals surface area contributed by atoms with Crippen LogP contribution < -0.4 is 5.56 Å². The molecule has 1 aliphatic carbocycles. The number of halogens is 1. The standard InChI is InChI=1S/C20H19ClN4OS2/c1-3-27-20-23-22-19-24(13-7-5-12(21)6-8-13)17(26)16-14-10-11(2)4-9-15(14)28-18(16)25(19)20/h5-8,11H,3-4,9-10H2,1-2H3. The lowest BCUT2D eigenvalue weighted by Crippen LogP contribution is -2.22. The lowest BCUT2D eigenvalue weighted by Gasteiger charge is -2.18. The largest absolute Gasteiger partial charge is 0.268 e. The highest BCUT2D eigenvalue weighted by Gasteiger charge is 2.27. The van der Waals surface area contributed by atoms with E-state index in [4.69, 9.17) is 11.6 Å². The van der Waals surface area contributed by atoms with Gasteiger partial charge in [0.05, 0.1) is 11.1 Å². The number of benzene rings is 1. The van der Waals surface area contributed by atoms with Crippen molar-refractivity contribution in [3.63, 3.8) is 0 Å². The molecule has 4 aromatic rings. The molecular weight excluding hydrogens is 412 g/mol. The Morgan fingerprint density at radius 2 is 2.07 bits per heavy atom. The molecule has 3 heterocycles. The first kappa shape index (κ1) is 18.2. The number of hydrogen-bond donors (Lipinski definition) is 0. The normalized spacial score (nSPS) is 16.8. The SMILES string of the molecule is CCSc1nnc2n(-c3ccc(Cl)cc3)c(=O)c3c4c(sc3n12)CCC(C)C4. The highest BCUT2D eigenvalue weighted by Crippen LogP contribution is 2.38. The Balaban J connectivity index is 1.93. The molecule has 1 unspecified atom stereocenters. The van der Waals surface area contributed by atoms with Crippen molar-refractivity contribution < 1.29 is 0 Å². The number of fused-ring (bicyclic) bond motifs is 5. The molecule has 0 saturated heterocycles. The van der Waals surface area contributed by atoms with Gasteiger partial charge in [0, 0.05) is 9.90 Å². The van der Waals surface area contributed by atoms with Crippen LogP contribution in [0, 0.1) is 5.92 Å². The molecule has 0 amide bonds. The van der Waals surface area contributed by atoms with Crippen LogP contribution in [0.1, 0.15) is 30.7 Å². The Morgan fingerprint density at radius 1 is 1.29 bits per heavy atom. The van der Waals surface area contributed by atoms with Crippen LogP contribution in [-0.4, -0.2) is 24.9 Å². The van der Waals surface area contributed by atoms with Crippen molar-refractivity contribution in [1.29, 1.82) is 0 Å². The fraction of sp³-hybridized carbons (Fsp3) is 0.350. The predicted molar refractivity (Wildman–Crippen MR) is 117 cm³/mol. The lowest BCUT2D eigenvalue weighted by atomic mass is 9.89. The molecule has 1 aliphatic rings. The number of rotatable bonds is 3. The molecule has 0 N–H and O–H groups in total. The van der Waals surface area contributed by atoms with Gasteiger partial charge < -0.3 is 0 Å². The summed E-state index contributed by atoms with van der Waals surface area (Å²) < 4.78 is 3.74. The summed E-state index contributed by atoms with van der Waals surface area (Å²) in [6.45, 7) is 4.36. The summed E-state index contributed by atoms with van der Waals surface area (Å²) in [4.78, 5) is 16.0. The van der Waals surface area contributed by atoms with Crippen LogP contribution in [0.2, 0.25) is 5.02 Å². The zero-order chi connectivity index (χ0) is 19.4. The summed E-state index contributed by atoms with van der Waals surface area (Å²) in [5.41, 5.74) is 1.96. The van der Waals surface area contributed by atoms with Gasteiger partial charge in [0.2, 0.25) is 5.78 Å². The molecule has 0 saturated carbocycles. The quantitative estimate of drug-likeness (QED) is 0.430. The van der Waals surface area contributed by atoms with E-state index in [1.807, 2.05) is 12.1 Å². The number of nitrogens with zero attached hydrogens (tertiary/aromatic N) is 4. The molecule has 0 aliphatic heterocycles. The van der Waals surface area contributed by atoms with Gasteiger partial charge in [-0.3, -0.25) is 4.79 Å². The van der Waals surface area contributed by atoms with Crippen LogP contribution >= 0.6 is 34.7 Å². The lowest BCUT2D eigenvalue weighted by molar-refractivity contribution is 0.508. The third-order valence-corrected chi connectivity index (χ3v) is 7.62. The Labute approximate surface area is 175 Å². The number of thiophene rings is 1. The molecule has 0 bridgehead atoms. The van der Waals surface area contributed by atoms with Crippen molar-refractivity contribution in [3.8, 4) is 5.69 Å². The van der Waals surface area contributed by atoms with Gasteiger partial charge in [-0.1, -0.05) is 37.2 Å². The maximum Gasteiger partial charge on any atom is 0.268 e. The van der Waals surface area contributed by atoms with Crippen LogP contribution in [0.3, 0.4) is 0 Å². The smallest absolute Gasteiger partial charge is 0.268 e. The summed E-state index contributed by atoms with van der Waals surface area (Å²) in [5.74, 6) is 2.04. The fourth-order valence-corrected chi connectivity index (χ4v) is 6.13. The van der Waals surface area contributed by atoms with E-state index < -0.39 is 0 Å². The molecule has 8 heteroatoms. The minimum atomic E-state index is -0.0168. The highest BCUT2D eigenvalue weighted by atomic mass is 35.5. The predicted octanol–water partition coefficient (Wildman–Crippen LogP) is 4.99.